The minimum absolute atomic E-state index is 0.0983. The van der Waals surface area contributed by atoms with E-state index in [9.17, 15) is 14.0 Å². The summed E-state index contributed by atoms with van der Waals surface area (Å²) in [6.07, 6.45) is 0. The van der Waals surface area contributed by atoms with Gasteiger partial charge in [-0.05, 0) is 43.3 Å². The van der Waals surface area contributed by atoms with Gasteiger partial charge < -0.3 is 10.6 Å². The Morgan fingerprint density at radius 2 is 1.79 bits per heavy atom. The summed E-state index contributed by atoms with van der Waals surface area (Å²) in [6.45, 7) is 1.64. The average molecular weight is 439 g/mol. The zero-order valence-electron chi connectivity index (χ0n) is 14.3. The first-order chi connectivity index (χ1) is 13.3. The van der Waals surface area contributed by atoms with Crippen LogP contribution >= 0.6 is 34.5 Å². The van der Waals surface area contributed by atoms with Gasteiger partial charge in [-0.25, -0.2) is 14.2 Å². The molecule has 3 rings (SSSR count). The number of carbonyl (C=O) groups excluding carboxylic acids is 2. The highest BCUT2D eigenvalue weighted by Gasteiger charge is 2.17. The van der Waals surface area contributed by atoms with Crippen molar-refractivity contribution in [1.29, 1.82) is 0 Å². The summed E-state index contributed by atoms with van der Waals surface area (Å²) in [5.41, 5.74) is 1.30. The van der Waals surface area contributed by atoms with E-state index in [1.807, 2.05) is 0 Å². The number of urea groups is 1. The summed E-state index contributed by atoms with van der Waals surface area (Å²) < 4.78 is 13.2. The highest BCUT2D eigenvalue weighted by Crippen LogP contribution is 2.25. The maximum Gasteiger partial charge on any atom is 0.325 e. The van der Waals surface area contributed by atoms with Crippen molar-refractivity contribution in [2.24, 2.45) is 0 Å². The van der Waals surface area contributed by atoms with Crippen LogP contribution in [0.5, 0.6) is 0 Å². The Hall–Kier alpha value is -2.68. The largest absolute Gasteiger partial charge is 0.325 e. The lowest BCUT2D eigenvalue weighted by molar-refractivity contribution is 0.102. The van der Waals surface area contributed by atoms with Crippen LogP contribution in [-0.4, -0.2) is 16.9 Å². The number of aryl methyl sites for hydroxylation is 1. The zero-order valence-corrected chi connectivity index (χ0v) is 16.7. The molecule has 2 aromatic carbocycles. The summed E-state index contributed by atoms with van der Waals surface area (Å²) in [4.78, 5) is 29.0. The third-order valence-electron chi connectivity index (χ3n) is 3.48. The van der Waals surface area contributed by atoms with Crippen LogP contribution < -0.4 is 16.0 Å². The average Bonchev–Trinajstić information content (AvgIpc) is 2.98. The van der Waals surface area contributed by atoms with Gasteiger partial charge in [-0.3, -0.25) is 10.1 Å². The molecule has 0 aliphatic heterocycles. The molecule has 0 fully saturated rings. The van der Waals surface area contributed by atoms with Crippen LogP contribution in [0.15, 0.2) is 42.5 Å². The van der Waals surface area contributed by atoms with E-state index < -0.39 is 17.8 Å². The van der Waals surface area contributed by atoms with Crippen molar-refractivity contribution < 1.29 is 14.0 Å². The summed E-state index contributed by atoms with van der Waals surface area (Å²) in [5.74, 6) is -1.02. The molecule has 3 amide bonds. The maximum atomic E-state index is 13.2. The Balaban J connectivity index is 1.67. The molecule has 3 aromatic rings. The van der Waals surface area contributed by atoms with E-state index in [0.717, 1.165) is 17.4 Å². The lowest BCUT2D eigenvalue weighted by Gasteiger charge is -2.05. The zero-order chi connectivity index (χ0) is 20.3. The number of nitrogens with one attached hydrogen (secondary N) is 3. The van der Waals surface area contributed by atoms with Gasteiger partial charge in [0.1, 0.15) is 10.7 Å². The molecule has 0 saturated carbocycles. The van der Waals surface area contributed by atoms with Crippen LogP contribution in [-0.2, 0) is 0 Å². The topological polar surface area (TPSA) is 83.1 Å². The third kappa shape index (κ3) is 4.98. The lowest BCUT2D eigenvalue weighted by atomic mass is 10.3. The van der Waals surface area contributed by atoms with Gasteiger partial charge in [0.2, 0.25) is 0 Å². The third-order valence-corrected chi connectivity index (χ3v) is 5.08. The molecular formula is C18H13Cl2FN4O2S. The number of hydrogen-bond acceptors (Lipinski definition) is 4. The fourth-order valence-corrected chi connectivity index (χ4v) is 3.48. The first-order valence-corrected chi connectivity index (χ1v) is 9.46. The number of rotatable bonds is 4. The number of carbonyl (C=O) groups is 2. The predicted molar refractivity (Wildman–Crippen MR) is 110 cm³/mol. The number of halogens is 3. The fourth-order valence-electron chi connectivity index (χ4n) is 2.25. The van der Waals surface area contributed by atoms with Crippen molar-refractivity contribution in [2.45, 2.75) is 6.92 Å². The normalized spacial score (nSPS) is 10.4. The van der Waals surface area contributed by atoms with E-state index in [0.29, 0.717) is 27.0 Å². The van der Waals surface area contributed by atoms with Gasteiger partial charge in [0.05, 0.1) is 10.7 Å². The van der Waals surface area contributed by atoms with E-state index in [1.165, 1.54) is 12.1 Å². The van der Waals surface area contributed by atoms with Crippen molar-refractivity contribution in [3.05, 3.63) is 68.9 Å². The SMILES string of the molecule is Cc1nc(NC(=O)Nc2cccc(Cl)c2)sc1C(=O)Nc1ccc(F)c(Cl)c1. The second-order valence-electron chi connectivity index (χ2n) is 5.61. The quantitative estimate of drug-likeness (QED) is 0.481. The van der Waals surface area contributed by atoms with E-state index in [2.05, 4.69) is 20.9 Å². The number of hydrogen-bond donors (Lipinski definition) is 3. The molecule has 0 saturated heterocycles. The summed E-state index contributed by atoms with van der Waals surface area (Å²) in [5, 5.41) is 8.45. The first kappa shape index (κ1) is 20.1. The monoisotopic (exact) mass is 438 g/mol. The van der Waals surface area contributed by atoms with Crippen LogP contribution in [0, 0.1) is 12.7 Å². The summed E-state index contributed by atoms with van der Waals surface area (Å²) in [7, 11) is 0. The molecule has 1 aromatic heterocycles. The first-order valence-electron chi connectivity index (χ1n) is 7.89. The standard InChI is InChI=1S/C18H13Cl2FN4O2S/c1-9-15(16(26)23-12-5-6-14(21)13(20)8-12)28-18(22-9)25-17(27)24-11-4-2-3-10(19)7-11/h2-8H,1H3,(H,23,26)(H2,22,24,25,27). The summed E-state index contributed by atoms with van der Waals surface area (Å²) >= 11 is 12.6. The van der Waals surface area contributed by atoms with Gasteiger partial charge in [0.25, 0.3) is 5.91 Å². The van der Waals surface area contributed by atoms with Crippen molar-refractivity contribution in [1.82, 2.24) is 4.98 Å². The summed E-state index contributed by atoms with van der Waals surface area (Å²) in [6, 6.07) is 10.0. The van der Waals surface area contributed by atoms with Crippen LogP contribution in [0.3, 0.4) is 0 Å². The Kier molecular flexibility index (Phi) is 6.13. The fraction of sp³-hybridized carbons (Fsp3) is 0.0556. The molecule has 0 aliphatic rings. The molecule has 0 aliphatic carbocycles. The van der Waals surface area contributed by atoms with E-state index in [1.54, 1.807) is 31.2 Å². The molecule has 0 bridgehead atoms. The molecule has 0 unspecified atom stereocenters. The predicted octanol–water partition coefficient (Wildman–Crippen LogP) is 5.79. The van der Waals surface area contributed by atoms with E-state index in [4.69, 9.17) is 23.2 Å². The lowest BCUT2D eigenvalue weighted by Crippen LogP contribution is -2.19. The number of aromatic nitrogens is 1. The highest BCUT2D eigenvalue weighted by molar-refractivity contribution is 7.17. The second-order valence-corrected chi connectivity index (χ2v) is 7.45. The molecule has 3 N–H and O–H groups in total. The van der Waals surface area contributed by atoms with Crippen molar-refractivity contribution >= 4 is 63.0 Å². The van der Waals surface area contributed by atoms with Crippen LogP contribution in [0.25, 0.3) is 0 Å². The molecule has 144 valence electrons. The Morgan fingerprint density at radius 1 is 1.04 bits per heavy atom. The minimum atomic E-state index is -0.578. The molecule has 0 atom stereocenters. The van der Waals surface area contributed by atoms with E-state index >= 15 is 0 Å². The van der Waals surface area contributed by atoms with Gasteiger partial charge in [-0.1, -0.05) is 40.6 Å². The second kappa shape index (κ2) is 8.55. The van der Waals surface area contributed by atoms with Crippen LogP contribution in [0.4, 0.5) is 25.7 Å². The van der Waals surface area contributed by atoms with Crippen molar-refractivity contribution in [3.63, 3.8) is 0 Å². The number of amides is 3. The van der Waals surface area contributed by atoms with Gasteiger partial charge in [-0.2, -0.15) is 0 Å². The maximum absolute atomic E-state index is 13.2. The van der Waals surface area contributed by atoms with Crippen molar-refractivity contribution in [2.75, 3.05) is 16.0 Å². The molecule has 0 spiro atoms. The molecule has 28 heavy (non-hydrogen) atoms. The molecule has 6 nitrogen and oxygen atoms in total. The smallest absolute Gasteiger partial charge is 0.321 e. The van der Waals surface area contributed by atoms with Crippen molar-refractivity contribution in [3.8, 4) is 0 Å². The van der Waals surface area contributed by atoms with Crippen LogP contribution in [0.2, 0.25) is 10.0 Å². The van der Waals surface area contributed by atoms with Gasteiger partial charge in [0.15, 0.2) is 5.13 Å². The Bertz CT molecular complexity index is 1060. The van der Waals surface area contributed by atoms with E-state index in [-0.39, 0.29) is 10.2 Å². The number of benzene rings is 2. The molecule has 0 radical (unpaired) electrons. The van der Waals surface area contributed by atoms with Crippen LogP contribution in [0.1, 0.15) is 15.4 Å². The Morgan fingerprint density at radius 3 is 2.50 bits per heavy atom. The molecule has 1 heterocycles. The highest BCUT2D eigenvalue weighted by atomic mass is 35.5. The number of anilines is 3. The van der Waals surface area contributed by atoms with Gasteiger partial charge >= 0.3 is 6.03 Å². The number of thiazole rings is 1. The van der Waals surface area contributed by atoms with Gasteiger partial charge in [0, 0.05) is 16.4 Å². The molecular weight excluding hydrogens is 426 g/mol. The number of nitrogens with zero attached hydrogens (tertiary/aromatic N) is 1. The molecule has 10 heteroatoms. The Labute approximate surface area is 173 Å². The van der Waals surface area contributed by atoms with Gasteiger partial charge in [-0.15, -0.1) is 0 Å². The minimum Gasteiger partial charge on any atom is -0.321 e.